The van der Waals surface area contributed by atoms with Gasteiger partial charge in [0, 0.05) is 19.0 Å². The number of amides is 1. The number of carbonyl (C=O) groups is 1. The second-order valence-corrected chi connectivity index (χ2v) is 3.65. The smallest absolute Gasteiger partial charge is 0.221 e. The number of rotatable bonds is 5. The van der Waals surface area contributed by atoms with Gasteiger partial charge in [-0.25, -0.2) is 0 Å². The van der Waals surface area contributed by atoms with Crippen molar-refractivity contribution in [2.24, 2.45) is 0 Å². The van der Waals surface area contributed by atoms with Gasteiger partial charge in [-0.05, 0) is 26.8 Å². The standard InChI is InChI=1S/C8H18N2OS/c1-7(6-10(2)3)9-8(11)4-5-12/h7,12H,4-6H2,1-3H3,(H,9,11). The lowest BCUT2D eigenvalue weighted by atomic mass is 10.3. The molecule has 0 aliphatic heterocycles. The third-order valence-electron chi connectivity index (χ3n) is 1.39. The van der Waals surface area contributed by atoms with E-state index in [9.17, 15) is 4.79 Å². The third kappa shape index (κ3) is 6.49. The van der Waals surface area contributed by atoms with Crippen LogP contribution in [-0.2, 0) is 4.79 Å². The Morgan fingerprint density at radius 3 is 2.58 bits per heavy atom. The van der Waals surface area contributed by atoms with Crippen molar-refractivity contribution >= 4 is 18.5 Å². The van der Waals surface area contributed by atoms with Gasteiger partial charge in [0.2, 0.25) is 5.91 Å². The summed E-state index contributed by atoms with van der Waals surface area (Å²) >= 11 is 3.98. The second kappa shape index (κ2) is 6.31. The SMILES string of the molecule is CC(CN(C)C)NC(=O)CCS. The molecule has 12 heavy (non-hydrogen) atoms. The second-order valence-electron chi connectivity index (χ2n) is 3.20. The van der Waals surface area contributed by atoms with Crippen LogP contribution in [0.5, 0.6) is 0 Å². The Bertz CT molecular complexity index is 139. The molecule has 0 spiro atoms. The van der Waals surface area contributed by atoms with E-state index in [-0.39, 0.29) is 11.9 Å². The van der Waals surface area contributed by atoms with Crippen LogP contribution in [0.2, 0.25) is 0 Å². The fourth-order valence-corrected chi connectivity index (χ4v) is 1.24. The zero-order valence-electron chi connectivity index (χ0n) is 8.00. The van der Waals surface area contributed by atoms with E-state index in [1.54, 1.807) is 0 Å². The predicted molar refractivity (Wildman–Crippen MR) is 54.6 cm³/mol. The van der Waals surface area contributed by atoms with E-state index in [0.29, 0.717) is 12.2 Å². The molecule has 4 heteroatoms. The van der Waals surface area contributed by atoms with Crippen LogP contribution in [0.15, 0.2) is 0 Å². The van der Waals surface area contributed by atoms with Crippen LogP contribution in [-0.4, -0.2) is 43.2 Å². The molecule has 1 N–H and O–H groups in total. The van der Waals surface area contributed by atoms with Gasteiger partial charge >= 0.3 is 0 Å². The van der Waals surface area contributed by atoms with Gasteiger partial charge in [0.05, 0.1) is 0 Å². The molecule has 0 aromatic heterocycles. The molecule has 0 fully saturated rings. The third-order valence-corrected chi connectivity index (χ3v) is 1.61. The Labute approximate surface area is 79.9 Å². The van der Waals surface area contributed by atoms with Crippen LogP contribution in [0.3, 0.4) is 0 Å². The summed E-state index contributed by atoms with van der Waals surface area (Å²) in [5.74, 6) is 0.694. The van der Waals surface area contributed by atoms with Gasteiger partial charge in [-0.2, -0.15) is 12.6 Å². The molecule has 0 saturated carbocycles. The molecule has 0 rings (SSSR count). The average Bonchev–Trinajstić information content (AvgIpc) is 1.84. The molecular weight excluding hydrogens is 172 g/mol. The molecule has 0 saturated heterocycles. The fraction of sp³-hybridized carbons (Fsp3) is 0.875. The molecule has 0 aliphatic rings. The summed E-state index contributed by atoms with van der Waals surface area (Å²) in [7, 11) is 3.97. The first-order chi connectivity index (χ1) is 5.56. The minimum Gasteiger partial charge on any atom is -0.352 e. The van der Waals surface area contributed by atoms with Crippen molar-refractivity contribution in [1.29, 1.82) is 0 Å². The zero-order valence-corrected chi connectivity index (χ0v) is 8.90. The fourth-order valence-electron chi connectivity index (χ4n) is 1.04. The Hall–Kier alpha value is -0.220. The Balaban J connectivity index is 3.54. The quantitative estimate of drug-likeness (QED) is 0.614. The van der Waals surface area contributed by atoms with Crippen LogP contribution >= 0.6 is 12.6 Å². The maximum atomic E-state index is 11.1. The highest BCUT2D eigenvalue weighted by atomic mass is 32.1. The lowest BCUT2D eigenvalue weighted by Crippen LogP contribution is -2.39. The number of carbonyl (C=O) groups excluding carboxylic acids is 1. The average molecular weight is 190 g/mol. The van der Waals surface area contributed by atoms with Crippen LogP contribution < -0.4 is 5.32 Å². The first-order valence-electron chi connectivity index (χ1n) is 4.11. The van der Waals surface area contributed by atoms with Crippen LogP contribution in [0.4, 0.5) is 0 Å². The first kappa shape index (κ1) is 11.8. The van der Waals surface area contributed by atoms with E-state index < -0.39 is 0 Å². The van der Waals surface area contributed by atoms with Crippen molar-refractivity contribution in [2.45, 2.75) is 19.4 Å². The zero-order chi connectivity index (χ0) is 9.56. The summed E-state index contributed by atoms with van der Waals surface area (Å²) in [6, 6.07) is 0.215. The number of nitrogens with zero attached hydrogens (tertiary/aromatic N) is 1. The molecule has 0 aliphatic carbocycles. The van der Waals surface area contributed by atoms with Gasteiger partial charge in [-0.1, -0.05) is 0 Å². The number of hydrogen-bond acceptors (Lipinski definition) is 3. The summed E-state index contributed by atoms with van der Waals surface area (Å²) in [6.07, 6.45) is 0.501. The highest BCUT2D eigenvalue weighted by Crippen LogP contribution is 1.88. The van der Waals surface area contributed by atoms with Crippen LogP contribution in [0.1, 0.15) is 13.3 Å². The number of nitrogens with one attached hydrogen (secondary N) is 1. The van der Waals surface area contributed by atoms with E-state index in [0.717, 1.165) is 6.54 Å². The van der Waals surface area contributed by atoms with E-state index in [2.05, 4.69) is 17.9 Å². The van der Waals surface area contributed by atoms with Crippen molar-refractivity contribution in [1.82, 2.24) is 10.2 Å². The van der Waals surface area contributed by atoms with E-state index in [1.807, 2.05) is 25.9 Å². The van der Waals surface area contributed by atoms with Crippen molar-refractivity contribution in [3.63, 3.8) is 0 Å². The molecule has 0 bridgehead atoms. The molecule has 3 nitrogen and oxygen atoms in total. The predicted octanol–water partition coefficient (Wildman–Crippen LogP) is 0.373. The normalized spacial score (nSPS) is 13.1. The number of likely N-dealkylation sites (N-methyl/N-ethyl adjacent to an activating group) is 1. The molecular formula is C8H18N2OS. The molecule has 0 aromatic carbocycles. The van der Waals surface area contributed by atoms with Crippen LogP contribution in [0, 0.1) is 0 Å². The lowest BCUT2D eigenvalue weighted by molar-refractivity contribution is -0.121. The first-order valence-corrected chi connectivity index (χ1v) is 4.74. The topological polar surface area (TPSA) is 32.3 Å². The number of hydrogen-bond donors (Lipinski definition) is 2. The summed E-state index contributed by atoms with van der Waals surface area (Å²) < 4.78 is 0. The van der Waals surface area contributed by atoms with Gasteiger partial charge < -0.3 is 10.2 Å². The summed E-state index contributed by atoms with van der Waals surface area (Å²) in [6.45, 7) is 2.87. The largest absolute Gasteiger partial charge is 0.352 e. The van der Waals surface area contributed by atoms with E-state index in [4.69, 9.17) is 0 Å². The van der Waals surface area contributed by atoms with Gasteiger partial charge in [0.15, 0.2) is 0 Å². The molecule has 0 heterocycles. The summed E-state index contributed by atoms with van der Waals surface area (Å²) in [4.78, 5) is 13.1. The van der Waals surface area contributed by atoms with Gasteiger partial charge in [-0.3, -0.25) is 4.79 Å². The van der Waals surface area contributed by atoms with Gasteiger partial charge in [-0.15, -0.1) is 0 Å². The minimum absolute atomic E-state index is 0.0827. The van der Waals surface area contributed by atoms with Crippen molar-refractivity contribution in [2.75, 3.05) is 26.4 Å². The Morgan fingerprint density at radius 2 is 2.17 bits per heavy atom. The Morgan fingerprint density at radius 1 is 1.58 bits per heavy atom. The Kier molecular flexibility index (Phi) is 6.20. The maximum absolute atomic E-state index is 11.1. The van der Waals surface area contributed by atoms with Crippen molar-refractivity contribution < 1.29 is 4.79 Å². The maximum Gasteiger partial charge on any atom is 0.221 e. The molecule has 72 valence electrons. The van der Waals surface area contributed by atoms with Crippen molar-refractivity contribution in [3.05, 3.63) is 0 Å². The summed E-state index contributed by atoms with van der Waals surface area (Å²) in [5.41, 5.74) is 0. The molecule has 0 aromatic rings. The number of thiol groups is 1. The molecule has 0 radical (unpaired) electrons. The summed E-state index contributed by atoms with van der Waals surface area (Å²) in [5, 5.41) is 2.88. The molecule has 1 unspecified atom stereocenters. The monoisotopic (exact) mass is 190 g/mol. The van der Waals surface area contributed by atoms with Crippen molar-refractivity contribution in [3.8, 4) is 0 Å². The molecule has 1 atom stereocenters. The van der Waals surface area contributed by atoms with Crippen LogP contribution in [0.25, 0.3) is 0 Å². The van der Waals surface area contributed by atoms with Gasteiger partial charge in [0.1, 0.15) is 0 Å². The van der Waals surface area contributed by atoms with Gasteiger partial charge in [0.25, 0.3) is 0 Å². The highest BCUT2D eigenvalue weighted by molar-refractivity contribution is 7.80. The highest BCUT2D eigenvalue weighted by Gasteiger charge is 2.06. The van der Waals surface area contributed by atoms with E-state index in [1.165, 1.54) is 0 Å². The van der Waals surface area contributed by atoms with E-state index >= 15 is 0 Å². The molecule has 1 amide bonds. The minimum atomic E-state index is 0.0827. The lowest BCUT2D eigenvalue weighted by Gasteiger charge is -2.17.